The molecule has 170 valence electrons. The Morgan fingerprint density at radius 1 is 1.27 bits per heavy atom. The SMILES string of the molecule is CCN(CC)C(=O)C1CCCN(Cc2cnc(S(=O)(=O)CC3CC3)n2CCOC)C1. The second-order valence-electron chi connectivity index (χ2n) is 8.49. The Kier molecular flexibility index (Phi) is 7.92. The van der Waals surface area contributed by atoms with Crippen LogP contribution in [0.2, 0.25) is 0 Å². The summed E-state index contributed by atoms with van der Waals surface area (Å²) in [5, 5.41) is 0.161. The van der Waals surface area contributed by atoms with Gasteiger partial charge in [0.25, 0.3) is 0 Å². The minimum atomic E-state index is -3.40. The molecule has 0 bridgehead atoms. The summed E-state index contributed by atoms with van der Waals surface area (Å²) in [6, 6.07) is 0. The molecule has 9 heteroatoms. The summed E-state index contributed by atoms with van der Waals surface area (Å²) in [7, 11) is -1.79. The smallest absolute Gasteiger partial charge is 0.227 e. The minimum Gasteiger partial charge on any atom is -0.383 e. The summed E-state index contributed by atoms with van der Waals surface area (Å²) >= 11 is 0. The predicted molar refractivity (Wildman–Crippen MR) is 115 cm³/mol. The lowest BCUT2D eigenvalue weighted by atomic mass is 9.96. The first-order valence-corrected chi connectivity index (χ1v) is 12.8. The molecule has 3 rings (SSSR count). The predicted octanol–water partition coefficient (Wildman–Crippen LogP) is 1.79. The van der Waals surface area contributed by atoms with Crippen LogP contribution in [0.15, 0.2) is 11.4 Å². The molecule has 0 spiro atoms. The number of sulfone groups is 1. The van der Waals surface area contributed by atoms with Gasteiger partial charge in [-0.2, -0.15) is 0 Å². The number of hydrogen-bond acceptors (Lipinski definition) is 6. The normalized spacial score (nSPS) is 20.4. The van der Waals surface area contributed by atoms with E-state index in [0.29, 0.717) is 26.2 Å². The van der Waals surface area contributed by atoms with E-state index in [2.05, 4.69) is 9.88 Å². The van der Waals surface area contributed by atoms with E-state index in [0.717, 1.165) is 51.0 Å². The lowest BCUT2D eigenvalue weighted by Gasteiger charge is -2.34. The fourth-order valence-corrected chi connectivity index (χ4v) is 6.14. The van der Waals surface area contributed by atoms with Gasteiger partial charge in [-0.3, -0.25) is 9.69 Å². The van der Waals surface area contributed by atoms with Crippen LogP contribution in [0.25, 0.3) is 0 Å². The lowest BCUT2D eigenvalue weighted by molar-refractivity contribution is -0.137. The van der Waals surface area contributed by atoms with Crippen LogP contribution in [-0.4, -0.2) is 79.3 Å². The van der Waals surface area contributed by atoms with E-state index in [1.165, 1.54) is 0 Å². The van der Waals surface area contributed by atoms with Crippen molar-refractivity contribution in [3.63, 3.8) is 0 Å². The number of rotatable bonds is 11. The number of ether oxygens (including phenoxy) is 1. The Morgan fingerprint density at radius 2 is 2.00 bits per heavy atom. The molecule has 2 fully saturated rings. The van der Waals surface area contributed by atoms with E-state index >= 15 is 0 Å². The van der Waals surface area contributed by atoms with Crippen molar-refractivity contribution in [2.75, 3.05) is 45.6 Å². The maximum Gasteiger partial charge on any atom is 0.227 e. The van der Waals surface area contributed by atoms with E-state index in [4.69, 9.17) is 4.74 Å². The average molecular weight is 441 g/mol. The third-order valence-corrected chi connectivity index (χ3v) is 7.96. The van der Waals surface area contributed by atoms with Crippen LogP contribution >= 0.6 is 0 Å². The first kappa shape index (κ1) is 23.2. The molecule has 8 nitrogen and oxygen atoms in total. The monoisotopic (exact) mass is 440 g/mol. The average Bonchev–Trinajstić information content (AvgIpc) is 3.44. The molecule has 0 N–H and O–H groups in total. The van der Waals surface area contributed by atoms with Crippen LogP contribution in [0.5, 0.6) is 0 Å². The molecule has 1 unspecified atom stereocenters. The highest BCUT2D eigenvalue weighted by Gasteiger charge is 2.33. The second-order valence-corrected chi connectivity index (χ2v) is 10.4. The Bertz CT molecular complexity index is 815. The molecule has 1 aromatic rings. The van der Waals surface area contributed by atoms with Gasteiger partial charge in [0.05, 0.1) is 30.2 Å². The molecular weight excluding hydrogens is 404 g/mol. The zero-order chi connectivity index (χ0) is 21.7. The van der Waals surface area contributed by atoms with Crippen molar-refractivity contribution in [2.24, 2.45) is 11.8 Å². The van der Waals surface area contributed by atoms with Gasteiger partial charge in [-0.1, -0.05) is 0 Å². The van der Waals surface area contributed by atoms with Crippen LogP contribution in [0.3, 0.4) is 0 Å². The van der Waals surface area contributed by atoms with Crippen LogP contribution in [0, 0.1) is 11.8 Å². The number of nitrogens with zero attached hydrogens (tertiary/aromatic N) is 4. The van der Waals surface area contributed by atoms with Crippen LogP contribution in [0.4, 0.5) is 0 Å². The second kappa shape index (κ2) is 10.2. The molecule has 1 aliphatic carbocycles. The van der Waals surface area contributed by atoms with Gasteiger partial charge in [0.2, 0.25) is 20.9 Å². The summed E-state index contributed by atoms with van der Waals surface area (Å²) < 4.78 is 32.7. The van der Waals surface area contributed by atoms with Crippen molar-refractivity contribution in [1.29, 1.82) is 0 Å². The van der Waals surface area contributed by atoms with Gasteiger partial charge in [0, 0.05) is 39.8 Å². The highest BCUT2D eigenvalue weighted by Crippen LogP contribution is 2.32. The molecule has 1 saturated carbocycles. The number of carbonyl (C=O) groups is 1. The Morgan fingerprint density at radius 3 is 2.63 bits per heavy atom. The molecule has 1 saturated heterocycles. The van der Waals surface area contributed by atoms with Crippen molar-refractivity contribution in [3.8, 4) is 0 Å². The van der Waals surface area contributed by atoms with E-state index in [-0.39, 0.29) is 28.7 Å². The third kappa shape index (κ3) is 5.62. The van der Waals surface area contributed by atoms with Crippen LogP contribution < -0.4 is 0 Å². The van der Waals surface area contributed by atoms with Crippen molar-refractivity contribution in [3.05, 3.63) is 11.9 Å². The Hall–Kier alpha value is -1.45. The molecular formula is C21H36N4O4S. The fourth-order valence-electron chi connectivity index (χ4n) is 4.28. The molecule has 0 aromatic carbocycles. The number of aromatic nitrogens is 2. The van der Waals surface area contributed by atoms with Crippen molar-refractivity contribution < 1.29 is 17.9 Å². The highest BCUT2D eigenvalue weighted by molar-refractivity contribution is 7.91. The zero-order valence-corrected chi connectivity index (χ0v) is 19.4. The number of imidazole rings is 1. The van der Waals surface area contributed by atoms with Crippen molar-refractivity contribution in [1.82, 2.24) is 19.4 Å². The molecule has 0 radical (unpaired) electrons. The number of hydrogen-bond donors (Lipinski definition) is 0. The van der Waals surface area contributed by atoms with Crippen molar-refractivity contribution >= 4 is 15.7 Å². The quantitative estimate of drug-likeness (QED) is 0.522. The number of likely N-dealkylation sites (tertiary alicyclic amines) is 1. The largest absolute Gasteiger partial charge is 0.383 e. The van der Waals surface area contributed by atoms with Crippen molar-refractivity contribution in [2.45, 2.75) is 57.8 Å². The number of carbonyl (C=O) groups excluding carboxylic acids is 1. The van der Waals surface area contributed by atoms with Gasteiger partial charge < -0.3 is 14.2 Å². The molecule has 1 aromatic heterocycles. The minimum absolute atomic E-state index is 0.00654. The van der Waals surface area contributed by atoms with Gasteiger partial charge >= 0.3 is 0 Å². The first-order chi connectivity index (χ1) is 14.4. The van der Waals surface area contributed by atoms with E-state index < -0.39 is 9.84 Å². The molecule has 2 aliphatic rings. The molecule has 1 aliphatic heterocycles. The Balaban J connectivity index is 1.74. The van der Waals surface area contributed by atoms with Gasteiger partial charge in [-0.05, 0) is 52.0 Å². The van der Waals surface area contributed by atoms with Gasteiger partial charge in [-0.25, -0.2) is 13.4 Å². The summed E-state index contributed by atoms with van der Waals surface area (Å²) in [5.74, 6) is 0.693. The van der Waals surface area contributed by atoms with E-state index in [1.807, 2.05) is 18.7 Å². The summed E-state index contributed by atoms with van der Waals surface area (Å²) in [4.78, 5) is 21.3. The van der Waals surface area contributed by atoms with Gasteiger partial charge in [0.15, 0.2) is 0 Å². The summed E-state index contributed by atoms with van der Waals surface area (Å²) in [6.45, 7) is 8.59. The fraction of sp³-hybridized carbons (Fsp3) is 0.810. The highest BCUT2D eigenvalue weighted by atomic mass is 32.2. The number of methoxy groups -OCH3 is 1. The lowest BCUT2D eigenvalue weighted by Crippen LogP contribution is -2.44. The maximum absolute atomic E-state index is 12.9. The molecule has 1 amide bonds. The molecule has 30 heavy (non-hydrogen) atoms. The van der Waals surface area contributed by atoms with E-state index in [9.17, 15) is 13.2 Å². The van der Waals surface area contributed by atoms with E-state index in [1.54, 1.807) is 17.9 Å². The first-order valence-electron chi connectivity index (χ1n) is 11.2. The maximum atomic E-state index is 12.9. The summed E-state index contributed by atoms with van der Waals surface area (Å²) in [6.07, 6.45) is 5.54. The topological polar surface area (TPSA) is 84.7 Å². The van der Waals surface area contributed by atoms with Crippen LogP contribution in [-0.2, 0) is 32.5 Å². The third-order valence-electron chi connectivity index (χ3n) is 6.17. The van der Waals surface area contributed by atoms with Crippen LogP contribution in [0.1, 0.15) is 45.2 Å². The molecule has 1 atom stereocenters. The Labute approximate surface area is 180 Å². The number of piperidine rings is 1. The number of amides is 1. The zero-order valence-electron chi connectivity index (χ0n) is 18.5. The van der Waals surface area contributed by atoms with Gasteiger partial charge in [0.1, 0.15) is 0 Å². The molecule has 2 heterocycles. The standard InChI is InChI=1S/C21H36N4O4S/c1-4-24(5-2)20(26)18-7-6-10-23(14-18)15-19-13-22-21(25(19)11-12-29-3)30(27,28)16-17-8-9-17/h13,17-18H,4-12,14-16H2,1-3H3. The summed E-state index contributed by atoms with van der Waals surface area (Å²) in [5.41, 5.74) is 0.873. The van der Waals surface area contributed by atoms with Gasteiger partial charge in [-0.15, -0.1) is 0 Å².